The van der Waals surface area contributed by atoms with Gasteiger partial charge in [0.25, 0.3) is 0 Å². The van der Waals surface area contributed by atoms with E-state index in [-0.39, 0.29) is 5.56 Å². The van der Waals surface area contributed by atoms with E-state index >= 15 is 0 Å². The van der Waals surface area contributed by atoms with Gasteiger partial charge in [-0.1, -0.05) is 64.4 Å². The third-order valence-electron chi connectivity index (χ3n) is 6.74. The number of methoxy groups -OCH3 is 1. The first-order valence-corrected chi connectivity index (χ1v) is 13.2. The molecule has 0 saturated carbocycles. The summed E-state index contributed by atoms with van der Waals surface area (Å²) in [7, 11) is 1.66. The van der Waals surface area contributed by atoms with Gasteiger partial charge in [0.1, 0.15) is 5.75 Å². The molecule has 190 valence electrons. The van der Waals surface area contributed by atoms with Crippen molar-refractivity contribution in [3.05, 3.63) is 74.6 Å². The van der Waals surface area contributed by atoms with Gasteiger partial charge in [-0.3, -0.25) is 0 Å². The molecule has 4 rings (SSSR count). The minimum absolute atomic E-state index is 0.232. The number of carboxylic acid groups (broad SMARTS) is 1. The van der Waals surface area contributed by atoms with Crippen LogP contribution in [-0.4, -0.2) is 28.2 Å². The summed E-state index contributed by atoms with van der Waals surface area (Å²) < 4.78 is 5.60. The van der Waals surface area contributed by atoms with Gasteiger partial charge < -0.3 is 19.8 Å². The number of hydrogen-bond donors (Lipinski definition) is 3. The van der Waals surface area contributed by atoms with E-state index in [1.165, 1.54) is 63.5 Å². The van der Waals surface area contributed by atoms with Gasteiger partial charge in [0, 0.05) is 22.7 Å². The Bertz CT molecular complexity index is 1430. The number of hydrogen-bond acceptors (Lipinski definition) is 3. The Labute approximate surface area is 212 Å². The zero-order valence-electron chi connectivity index (χ0n) is 21.4. The van der Waals surface area contributed by atoms with Crippen LogP contribution >= 0.6 is 0 Å². The monoisotopic (exact) mass is 487 g/mol. The van der Waals surface area contributed by atoms with E-state index in [9.17, 15) is 9.90 Å². The predicted octanol–water partition coefficient (Wildman–Crippen LogP) is 4.17. The molecule has 2 aromatic heterocycles. The SMILES string of the molecule is CCCCCCCCCCCc1ccc(C=c2[nH]c(=C3C=c4ccc(C(=O)O)cc4=N3)cc2OC)[nH]1. The van der Waals surface area contributed by atoms with Crippen LogP contribution in [0.15, 0.2) is 41.4 Å². The van der Waals surface area contributed by atoms with Crippen LogP contribution in [0, 0.1) is 0 Å². The maximum Gasteiger partial charge on any atom is 0.335 e. The number of benzene rings is 1. The van der Waals surface area contributed by atoms with E-state index in [0.717, 1.165) is 39.5 Å². The molecular formula is C30H37N3O3. The van der Waals surface area contributed by atoms with Gasteiger partial charge in [-0.25, -0.2) is 9.79 Å². The van der Waals surface area contributed by atoms with E-state index < -0.39 is 5.97 Å². The quantitative estimate of drug-likeness (QED) is 0.316. The van der Waals surface area contributed by atoms with Crippen molar-refractivity contribution in [2.75, 3.05) is 7.11 Å². The number of aryl methyl sites for hydroxylation is 1. The van der Waals surface area contributed by atoms with Crippen LogP contribution in [0.4, 0.5) is 0 Å². The molecule has 3 heterocycles. The molecule has 0 bridgehead atoms. The molecule has 0 spiro atoms. The lowest BCUT2D eigenvalue weighted by Gasteiger charge is -2.01. The van der Waals surface area contributed by atoms with Gasteiger partial charge >= 0.3 is 5.97 Å². The van der Waals surface area contributed by atoms with Crippen molar-refractivity contribution in [1.82, 2.24) is 9.97 Å². The van der Waals surface area contributed by atoms with Crippen LogP contribution in [0.25, 0.3) is 17.8 Å². The van der Waals surface area contributed by atoms with E-state index in [2.05, 4.69) is 34.0 Å². The summed E-state index contributed by atoms with van der Waals surface area (Å²) in [5, 5.41) is 12.5. The van der Waals surface area contributed by atoms with Crippen molar-refractivity contribution < 1.29 is 14.6 Å². The first-order valence-electron chi connectivity index (χ1n) is 13.2. The predicted molar refractivity (Wildman–Crippen MR) is 144 cm³/mol. The highest BCUT2D eigenvalue weighted by Gasteiger charge is 2.09. The second-order valence-electron chi connectivity index (χ2n) is 9.55. The average Bonchev–Trinajstić information content (AvgIpc) is 3.60. The number of unbranched alkanes of at least 4 members (excludes halogenated alkanes) is 8. The number of aromatic nitrogens is 2. The highest BCUT2D eigenvalue weighted by molar-refractivity contribution is 5.88. The van der Waals surface area contributed by atoms with Gasteiger partial charge in [0.15, 0.2) is 0 Å². The topological polar surface area (TPSA) is 90.5 Å². The number of nitrogens with zero attached hydrogens (tertiary/aromatic N) is 1. The maximum atomic E-state index is 11.3. The zero-order valence-corrected chi connectivity index (χ0v) is 21.4. The van der Waals surface area contributed by atoms with Crippen LogP contribution in [-0.2, 0) is 6.42 Å². The van der Waals surface area contributed by atoms with Crippen LogP contribution < -0.4 is 26.0 Å². The average molecular weight is 488 g/mol. The third-order valence-corrected chi connectivity index (χ3v) is 6.74. The van der Waals surface area contributed by atoms with Gasteiger partial charge in [0.2, 0.25) is 0 Å². The number of rotatable bonds is 13. The molecule has 36 heavy (non-hydrogen) atoms. The van der Waals surface area contributed by atoms with Crippen LogP contribution in [0.5, 0.6) is 5.75 Å². The van der Waals surface area contributed by atoms with Crippen molar-refractivity contribution in [3.8, 4) is 5.75 Å². The second-order valence-corrected chi connectivity index (χ2v) is 9.55. The molecule has 6 heteroatoms. The third kappa shape index (κ3) is 6.56. The van der Waals surface area contributed by atoms with Crippen LogP contribution in [0.1, 0.15) is 86.5 Å². The van der Waals surface area contributed by atoms with Gasteiger partial charge in [-0.05, 0) is 49.3 Å². The molecule has 1 aromatic carbocycles. The number of ether oxygens (including phenoxy) is 1. The van der Waals surface area contributed by atoms with E-state index in [0.29, 0.717) is 5.36 Å². The Morgan fingerprint density at radius 3 is 2.44 bits per heavy atom. The molecule has 0 saturated heterocycles. The number of carbonyl (C=O) groups is 1. The highest BCUT2D eigenvalue weighted by Crippen LogP contribution is 2.13. The van der Waals surface area contributed by atoms with Crippen LogP contribution in [0.3, 0.4) is 0 Å². The molecular weight excluding hydrogens is 450 g/mol. The standard InChI is InChI=1S/C30H37N3O3/c1-3-4-5-6-7-8-9-10-11-12-23-15-16-24(31-23)19-28-29(36-2)20-27(33-28)26-17-21-13-14-22(30(34)35)18-25(21)32-26/h13-20,31,33H,3-12H2,1-2H3,(H,34,35). The summed E-state index contributed by atoms with van der Waals surface area (Å²) >= 11 is 0. The minimum atomic E-state index is -0.956. The number of carboxylic acids is 1. The summed E-state index contributed by atoms with van der Waals surface area (Å²) in [6.07, 6.45) is 17.1. The molecule has 3 N–H and O–H groups in total. The van der Waals surface area contributed by atoms with Crippen molar-refractivity contribution in [1.29, 1.82) is 0 Å². The van der Waals surface area contributed by atoms with Crippen LogP contribution in [0.2, 0.25) is 0 Å². The lowest BCUT2D eigenvalue weighted by Crippen LogP contribution is -2.22. The fourth-order valence-electron chi connectivity index (χ4n) is 4.68. The highest BCUT2D eigenvalue weighted by atomic mass is 16.5. The molecule has 0 amide bonds. The summed E-state index contributed by atoms with van der Waals surface area (Å²) in [6.45, 7) is 2.26. The normalized spacial score (nSPS) is 14.4. The van der Waals surface area contributed by atoms with Gasteiger partial charge in [-0.15, -0.1) is 0 Å². The van der Waals surface area contributed by atoms with Crippen molar-refractivity contribution in [2.45, 2.75) is 71.1 Å². The first-order chi connectivity index (χ1) is 17.6. The Morgan fingerprint density at radius 1 is 0.972 bits per heavy atom. The fraction of sp³-hybridized carbons (Fsp3) is 0.400. The summed E-state index contributed by atoms with van der Waals surface area (Å²) in [5.41, 5.74) is 3.27. The number of fused-ring (bicyclic) bond motifs is 1. The summed E-state index contributed by atoms with van der Waals surface area (Å²) in [6, 6.07) is 11.2. The molecule has 0 fully saturated rings. The fourth-order valence-corrected chi connectivity index (χ4v) is 4.68. The number of aromatic amines is 2. The Kier molecular flexibility index (Phi) is 8.82. The molecule has 6 nitrogen and oxygen atoms in total. The molecule has 0 unspecified atom stereocenters. The zero-order chi connectivity index (χ0) is 25.3. The first kappa shape index (κ1) is 25.5. The van der Waals surface area contributed by atoms with Crippen molar-refractivity contribution in [3.63, 3.8) is 0 Å². The van der Waals surface area contributed by atoms with Gasteiger partial charge in [-0.2, -0.15) is 0 Å². The molecule has 1 aliphatic rings. The lowest BCUT2D eigenvalue weighted by atomic mass is 10.1. The molecule has 0 radical (unpaired) electrons. The lowest BCUT2D eigenvalue weighted by molar-refractivity contribution is 0.0696. The molecule has 0 aliphatic carbocycles. The number of H-pyrrole nitrogens is 2. The number of nitrogens with one attached hydrogen (secondary N) is 2. The van der Waals surface area contributed by atoms with Crippen molar-refractivity contribution >= 4 is 23.8 Å². The van der Waals surface area contributed by atoms with Crippen molar-refractivity contribution in [2.24, 2.45) is 4.99 Å². The Hall–Kier alpha value is -3.54. The van der Waals surface area contributed by atoms with Gasteiger partial charge in [0.05, 0.1) is 34.4 Å². The maximum absolute atomic E-state index is 11.3. The summed E-state index contributed by atoms with van der Waals surface area (Å²) in [5.74, 6) is -0.221. The largest absolute Gasteiger partial charge is 0.494 e. The molecule has 1 aliphatic heterocycles. The van der Waals surface area contributed by atoms with E-state index in [1.807, 2.05) is 18.2 Å². The van der Waals surface area contributed by atoms with E-state index in [1.54, 1.807) is 25.3 Å². The Balaban J connectivity index is 1.41. The molecule has 0 atom stereocenters. The second kappa shape index (κ2) is 12.4. The Morgan fingerprint density at radius 2 is 1.72 bits per heavy atom. The minimum Gasteiger partial charge on any atom is -0.494 e. The van der Waals surface area contributed by atoms with E-state index in [4.69, 9.17) is 4.74 Å². The number of aromatic carboxylic acids is 1. The smallest absolute Gasteiger partial charge is 0.335 e. The summed E-state index contributed by atoms with van der Waals surface area (Å²) in [4.78, 5) is 22.8. The molecule has 3 aromatic rings.